The average Bonchev–Trinajstić information content (AvgIpc) is 2.33. The minimum Gasteiger partial charge on any atom is -0.107 e. The highest BCUT2D eigenvalue weighted by Gasteiger charge is 1.96. The van der Waals surface area contributed by atoms with Gasteiger partial charge < -0.3 is 0 Å². The zero-order chi connectivity index (χ0) is 11.5. The average molecular weight is 328 g/mol. The third kappa shape index (κ3) is 6.68. The van der Waals surface area contributed by atoms with E-state index >= 15 is 0 Å². The van der Waals surface area contributed by atoms with Crippen molar-refractivity contribution < 1.29 is 0 Å². The summed E-state index contributed by atoms with van der Waals surface area (Å²) in [6, 6.07) is 0. The fourth-order valence-corrected chi connectivity index (χ4v) is 1.21. The molecule has 1 heteroatoms. The lowest BCUT2D eigenvalue weighted by Gasteiger charge is -2.02. The third-order valence-corrected chi connectivity index (χ3v) is 1.76. The Balaban J connectivity index is 0. The molecule has 0 aliphatic heterocycles. The van der Waals surface area contributed by atoms with Crippen molar-refractivity contribution in [1.29, 1.82) is 0 Å². The van der Waals surface area contributed by atoms with Gasteiger partial charge in [-0.05, 0) is 42.7 Å². The van der Waals surface area contributed by atoms with E-state index in [1.54, 1.807) is 0 Å². The van der Waals surface area contributed by atoms with Crippen LogP contribution in [0.2, 0.25) is 0 Å². The first-order valence-corrected chi connectivity index (χ1v) is 5.59. The van der Waals surface area contributed by atoms with Crippen molar-refractivity contribution >= 4 is 24.0 Å². The number of hydrogen-bond acceptors (Lipinski definition) is 0. The standard InChI is InChI=1S/C13H14.C2H6.HI/c1-3-8-12(9-4-2)13-10-6-5-7-11-13;1-2;/h3,6,8-11H,4H2,1-2H3;1-2H3;1H/b8-3-,12-9+;;. The molecule has 0 nitrogen and oxygen atoms in total. The molecule has 0 aromatic carbocycles. The highest BCUT2D eigenvalue weighted by Crippen LogP contribution is 2.15. The van der Waals surface area contributed by atoms with Gasteiger partial charge in [0.25, 0.3) is 0 Å². The molecule has 0 bridgehead atoms. The Hall–Kier alpha value is -0.750. The first kappa shape index (κ1) is 17.6. The summed E-state index contributed by atoms with van der Waals surface area (Å²) in [6.45, 7) is 8.17. The monoisotopic (exact) mass is 328 g/mol. The summed E-state index contributed by atoms with van der Waals surface area (Å²) in [5.41, 5.74) is 8.32. The van der Waals surface area contributed by atoms with Crippen molar-refractivity contribution in [3.8, 4) is 0 Å². The Kier molecular flexibility index (Phi) is 13.6. The Morgan fingerprint density at radius 1 is 1.31 bits per heavy atom. The molecule has 0 aromatic heterocycles. The van der Waals surface area contributed by atoms with Crippen LogP contribution in [-0.2, 0) is 0 Å². The van der Waals surface area contributed by atoms with E-state index in [1.165, 1.54) is 11.1 Å². The van der Waals surface area contributed by atoms with Gasteiger partial charge in [0.05, 0.1) is 0 Å². The fourth-order valence-electron chi connectivity index (χ4n) is 1.21. The minimum atomic E-state index is 0. The Labute approximate surface area is 117 Å². The van der Waals surface area contributed by atoms with Crippen LogP contribution in [0, 0.1) is 0 Å². The van der Waals surface area contributed by atoms with E-state index in [-0.39, 0.29) is 24.0 Å². The van der Waals surface area contributed by atoms with Crippen molar-refractivity contribution in [3.63, 3.8) is 0 Å². The molecule has 0 aromatic rings. The van der Waals surface area contributed by atoms with Gasteiger partial charge in [0, 0.05) is 0 Å². The van der Waals surface area contributed by atoms with Gasteiger partial charge in [-0.2, -0.15) is 0 Å². The predicted octanol–water partition coefficient (Wildman–Crippen LogP) is 5.35. The van der Waals surface area contributed by atoms with Gasteiger partial charge in [-0.15, -0.1) is 24.0 Å². The topological polar surface area (TPSA) is 0 Å². The maximum absolute atomic E-state index is 2.96. The van der Waals surface area contributed by atoms with E-state index < -0.39 is 0 Å². The second-order valence-corrected chi connectivity index (χ2v) is 2.79. The number of rotatable bonds is 3. The molecular formula is C15H21I. The van der Waals surface area contributed by atoms with Crippen LogP contribution in [0.4, 0.5) is 0 Å². The highest BCUT2D eigenvalue weighted by molar-refractivity contribution is 14.0. The quantitative estimate of drug-likeness (QED) is 0.372. The van der Waals surface area contributed by atoms with Crippen LogP contribution in [0.5, 0.6) is 0 Å². The Morgan fingerprint density at radius 2 is 2.00 bits per heavy atom. The van der Waals surface area contributed by atoms with Crippen LogP contribution in [0.1, 0.15) is 34.1 Å². The van der Waals surface area contributed by atoms with Gasteiger partial charge in [-0.3, -0.25) is 0 Å². The third-order valence-electron chi connectivity index (χ3n) is 1.76. The van der Waals surface area contributed by atoms with Crippen molar-refractivity contribution in [3.05, 3.63) is 59.1 Å². The molecule has 0 fully saturated rings. The Morgan fingerprint density at radius 3 is 2.44 bits per heavy atom. The molecule has 0 N–H and O–H groups in total. The SMILES string of the molecule is C/C=C\C(=C/CC)C1=CC=C=C=C1.CC.I. The van der Waals surface area contributed by atoms with E-state index in [0.29, 0.717) is 0 Å². The van der Waals surface area contributed by atoms with Crippen LogP contribution in [0.25, 0.3) is 0 Å². The van der Waals surface area contributed by atoms with E-state index in [9.17, 15) is 0 Å². The smallest absolute Gasteiger partial charge is 0.00366 e. The summed E-state index contributed by atoms with van der Waals surface area (Å²) in [6.07, 6.45) is 13.3. The molecule has 0 spiro atoms. The second kappa shape index (κ2) is 12.3. The van der Waals surface area contributed by atoms with E-state index in [2.05, 4.69) is 42.7 Å². The van der Waals surface area contributed by atoms with Crippen LogP contribution >= 0.6 is 24.0 Å². The van der Waals surface area contributed by atoms with Gasteiger partial charge in [0.2, 0.25) is 0 Å². The number of allylic oxidation sites excluding steroid dienone is 8. The van der Waals surface area contributed by atoms with Gasteiger partial charge >= 0.3 is 0 Å². The predicted molar refractivity (Wildman–Crippen MR) is 84.2 cm³/mol. The van der Waals surface area contributed by atoms with Crippen molar-refractivity contribution in [2.45, 2.75) is 34.1 Å². The molecule has 0 atom stereocenters. The van der Waals surface area contributed by atoms with Gasteiger partial charge in [0.1, 0.15) is 0 Å². The second-order valence-electron chi connectivity index (χ2n) is 2.79. The first-order valence-electron chi connectivity index (χ1n) is 5.59. The van der Waals surface area contributed by atoms with Crippen molar-refractivity contribution in [2.24, 2.45) is 0 Å². The molecule has 1 aliphatic rings. The fraction of sp³-hybridized carbons (Fsp3) is 0.333. The molecule has 16 heavy (non-hydrogen) atoms. The molecule has 0 saturated carbocycles. The molecule has 1 rings (SSSR count). The molecular weight excluding hydrogens is 307 g/mol. The maximum atomic E-state index is 2.96. The van der Waals surface area contributed by atoms with Crippen LogP contribution in [-0.4, -0.2) is 0 Å². The molecule has 0 unspecified atom stereocenters. The molecule has 88 valence electrons. The van der Waals surface area contributed by atoms with E-state index in [0.717, 1.165) is 6.42 Å². The first-order chi connectivity index (χ1) is 7.38. The van der Waals surface area contributed by atoms with Gasteiger partial charge in [-0.1, -0.05) is 50.5 Å². The van der Waals surface area contributed by atoms with Crippen LogP contribution < -0.4 is 0 Å². The van der Waals surface area contributed by atoms with E-state index in [4.69, 9.17) is 0 Å². The Bertz CT molecular complexity index is 355. The maximum Gasteiger partial charge on any atom is -0.00366 e. The lowest BCUT2D eigenvalue weighted by Crippen LogP contribution is -1.83. The lowest BCUT2D eigenvalue weighted by atomic mass is 10.0. The summed E-state index contributed by atoms with van der Waals surface area (Å²) in [4.78, 5) is 0. The van der Waals surface area contributed by atoms with Gasteiger partial charge in [-0.25, -0.2) is 0 Å². The van der Waals surface area contributed by atoms with Gasteiger partial charge in [0.15, 0.2) is 0 Å². The number of hydrogen-bond donors (Lipinski definition) is 0. The van der Waals surface area contributed by atoms with Crippen molar-refractivity contribution in [2.75, 3.05) is 0 Å². The molecule has 0 radical (unpaired) electrons. The van der Waals surface area contributed by atoms with Crippen LogP contribution in [0.3, 0.4) is 0 Å². The van der Waals surface area contributed by atoms with E-state index in [1.807, 2.05) is 32.9 Å². The zero-order valence-corrected chi connectivity index (χ0v) is 12.9. The summed E-state index contributed by atoms with van der Waals surface area (Å²) in [7, 11) is 0. The summed E-state index contributed by atoms with van der Waals surface area (Å²) in [5, 5.41) is 0. The number of halogens is 1. The highest BCUT2D eigenvalue weighted by atomic mass is 127. The summed E-state index contributed by atoms with van der Waals surface area (Å²) >= 11 is 0. The van der Waals surface area contributed by atoms with Crippen LogP contribution in [0.15, 0.2) is 59.1 Å². The molecule has 0 amide bonds. The van der Waals surface area contributed by atoms with Crippen molar-refractivity contribution in [1.82, 2.24) is 0 Å². The summed E-state index contributed by atoms with van der Waals surface area (Å²) < 4.78 is 0. The zero-order valence-electron chi connectivity index (χ0n) is 10.6. The molecule has 0 heterocycles. The largest absolute Gasteiger partial charge is 0.107 e. The summed E-state index contributed by atoms with van der Waals surface area (Å²) in [5.74, 6) is 0. The molecule has 0 saturated heterocycles. The normalized spacial score (nSPS) is 13.0. The minimum absolute atomic E-state index is 0. The molecule has 1 aliphatic carbocycles. The lowest BCUT2D eigenvalue weighted by molar-refractivity contribution is 1.20.